The number of ether oxygens (including phenoxy) is 1. The predicted octanol–water partition coefficient (Wildman–Crippen LogP) is 9.79. The maximum absolute atomic E-state index is 5.72. The molecular formula is C35H47ClNORu-2. The summed E-state index contributed by atoms with van der Waals surface area (Å²) in [5.74, 6) is 0.924. The number of para-hydroxylation sites is 2. The normalized spacial score (nSPS) is 18.7. The van der Waals surface area contributed by atoms with Crippen LogP contribution in [0.1, 0.15) is 84.9 Å². The topological polar surface area (TPSA) is 12.5 Å². The second kappa shape index (κ2) is 14.1. The van der Waals surface area contributed by atoms with Crippen LogP contribution in [-0.2, 0) is 26.5 Å². The van der Waals surface area contributed by atoms with Crippen molar-refractivity contribution in [3.63, 3.8) is 0 Å². The van der Waals surface area contributed by atoms with Crippen LogP contribution in [-0.4, -0.2) is 16.3 Å². The molecular weight excluding hydrogens is 587 g/mol. The van der Waals surface area contributed by atoms with Crippen LogP contribution < -0.4 is 9.64 Å². The molecule has 3 aromatic rings. The molecule has 4 heteroatoms. The van der Waals surface area contributed by atoms with Gasteiger partial charge in [-0.3, -0.25) is 0 Å². The Hall–Kier alpha value is -1.96. The van der Waals surface area contributed by atoms with Gasteiger partial charge in [0, 0.05) is 11.2 Å². The van der Waals surface area contributed by atoms with E-state index in [4.69, 9.17) is 14.4 Å². The first kappa shape index (κ1) is 33.3. The van der Waals surface area contributed by atoms with Gasteiger partial charge in [-0.2, -0.15) is 0 Å². The molecule has 4 rings (SSSR count). The van der Waals surface area contributed by atoms with E-state index in [1.54, 1.807) is 0 Å². The molecule has 2 nitrogen and oxygen atoms in total. The van der Waals surface area contributed by atoms with E-state index in [2.05, 4.69) is 108 Å². The molecule has 0 bridgehead atoms. The van der Waals surface area contributed by atoms with E-state index < -0.39 is 0 Å². The zero-order valence-corrected chi connectivity index (χ0v) is 27.7. The second-order valence-electron chi connectivity index (χ2n) is 11.9. The monoisotopic (exact) mass is 634 g/mol. The van der Waals surface area contributed by atoms with Crippen LogP contribution in [0.25, 0.3) is 0 Å². The number of nitrogens with zero attached hydrogens (tertiary/aromatic N) is 1. The maximum Gasteiger partial charge on any atom is 0.0113 e. The van der Waals surface area contributed by atoms with Crippen LogP contribution in [0.3, 0.4) is 0 Å². The first-order valence-electron chi connectivity index (χ1n) is 13.5. The van der Waals surface area contributed by atoms with Crippen molar-refractivity contribution >= 4 is 20.0 Å². The van der Waals surface area contributed by atoms with Gasteiger partial charge in [0.15, 0.2) is 0 Å². The quantitative estimate of drug-likeness (QED) is 0.190. The van der Waals surface area contributed by atoms with Crippen molar-refractivity contribution < 1.29 is 20.4 Å². The van der Waals surface area contributed by atoms with Crippen molar-refractivity contribution in [2.24, 2.45) is 0 Å². The maximum atomic E-state index is 5.72. The summed E-state index contributed by atoms with van der Waals surface area (Å²) in [7, 11) is 5.72. The average molecular weight is 634 g/mol. The molecule has 39 heavy (non-hydrogen) atoms. The molecule has 0 aromatic heterocycles. The van der Waals surface area contributed by atoms with E-state index in [9.17, 15) is 0 Å². The fourth-order valence-corrected chi connectivity index (χ4v) is 6.40. The average Bonchev–Trinajstić information content (AvgIpc) is 3.15. The van der Waals surface area contributed by atoms with Gasteiger partial charge in [-0.1, -0.05) is 81.8 Å². The Kier molecular flexibility index (Phi) is 12.0. The summed E-state index contributed by atoms with van der Waals surface area (Å²) in [6.07, 6.45) is 2.46. The number of rotatable bonds is 7. The van der Waals surface area contributed by atoms with Crippen molar-refractivity contribution in [1.29, 1.82) is 0 Å². The zero-order chi connectivity index (χ0) is 28.0. The van der Waals surface area contributed by atoms with Gasteiger partial charge < -0.3 is 12.3 Å². The molecule has 0 radical (unpaired) electrons. The summed E-state index contributed by atoms with van der Waals surface area (Å²) in [5.41, 5.74) is 5.63. The third-order valence-electron chi connectivity index (χ3n) is 7.51. The van der Waals surface area contributed by atoms with E-state index >= 15 is 0 Å². The minimum absolute atomic E-state index is 0. The molecule has 1 fully saturated rings. The van der Waals surface area contributed by atoms with Gasteiger partial charge in [0.25, 0.3) is 0 Å². The third-order valence-corrected chi connectivity index (χ3v) is 8.69. The standard InChI is InChI=1S/C24H32N.C10H12O.CH3.ClH.Ru/c1-7-22(2,3)20-15-11-12-16-21(20)25-18-24(6,17-23(25,4)5)19-13-9-8-10-14-19;1-8(2)11-10-7-5-4-6-9(10)3;;;/h8-16,18H,7,17H2,1-6H3;3-8H,1-2H3;1H3;1H;/q-1;;-1;;+1/p-1. The molecule has 215 valence electrons. The summed E-state index contributed by atoms with van der Waals surface area (Å²) in [4.78, 5) is 2.53. The van der Waals surface area contributed by atoms with Crippen molar-refractivity contribution in [1.82, 2.24) is 0 Å². The molecule has 0 N–H and O–H groups in total. The molecule has 0 amide bonds. The Labute approximate surface area is 250 Å². The first-order valence-corrected chi connectivity index (χ1v) is 16.8. The van der Waals surface area contributed by atoms with Gasteiger partial charge in [-0.15, -0.1) is 5.41 Å². The summed E-state index contributed by atoms with van der Waals surface area (Å²) < 4.78 is 7.66. The van der Waals surface area contributed by atoms with Crippen molar-refractivity contribution in [2.45, 2.75) is 90.7 Å². The molecule has 0 spiro atoms. The number of hydrogen-bond donors (Lipinski definition) is 0. The minimum atomic E-state index is -0.191. The smallest absolute Gasteiger partial charge is 0.0113 e. The van der Waals surface area contributed by atoms with Crippen LogP contribution in [0.2, 0.25) is 0 Å². The van der Waals surface area contributed by atoms with Crippen LogP contribution in [0.4, 0.5) is 5.69 Å². The van der Waals surface area contributed by atoms with Gasteiger partial charge >= 0.3 is 90.3 Å². The summed E-state index contributed by atoms with van der Waals surface area (Å²) in [6.45, 7) is 20.6. The Morgan fingerprint density at radius 1 is 0.974 bits per heavy atom. The Bertz CT molecular complexity index is 1200. The zero-order valence-electron chi connectivity index (χ0n) is 25.2. The Balaban J connectivity index is 0.000000324. The molecule has 3 aromatic carbocycles. The fourth-order valence-electron chi connectivity index (χ4n) is 5.29. The molecule has 0 aliphatic carbocycles. The van der Waals surface area contributed by atoms with Gasteiger partial charge in [0.2, 0.25) is 0 Å². The summed E-state index contributed by atoms with van der Waals surface area (Å²) in [6, 6.07) is 27.8. The van der Waals surface area contributed by atoms with Crippen LogP contribution >= 0.6 is 9.69 Å². The van der Waals surface area contributed by atoms with E-state index in [0.717, 1.165) is 24.2 Å². The van der Waals surface area contributed by atoms with Gasteiger partial charge in [-0.05, 0) is 43.7 Å². The molecule has 1 unspecified atom stereocenters. The third kappa shape index (κ3) is 8.28. The Morgan fingerprint density at radius 3 is 2.18 bits per heavy atom. The molecule has 1 saturated heterocycles. The molecule has 0 saturated carbocycles. The Morgan fingerprint density at radius 2 is 1.56 bits per heavy atom. The first-order chi connectivity index (χ1) is 17.9. The summed E-state index contributed by atoms with van der Waals surface area (Å²) >= 11 is -0.191. The van der Waals surface area contributed by atoms with Gasteiger partial charge in [0.05, 0.1) is 0 Å². The van der Waals surface area contributed by atoms with Crippen LogP contribution in [0.5, 0.6) is 5.75 Å². The largest absolute Gasteiger partial charge is 0.517 e. The van der Waals surface area contributed by atoms with Crippen molar-refractivity contribution in [3.05, 3.63) is 110 Å². The van der Waals surface area contributed by atoms with Crippen molar-refractivity contribution in [3.8, 4) is 5.75 Å². The SMILES string of the molecule is CC(C)Oc1ccccc1[CH]=[Ru][Cl].CCC(C)(C)c1ccccc1N1[CH-]C(C)(c2ccccc2)CC1(C)C.[CH3-]. The number of anilines is 1. The number of halogens is 1. The molecule has 1 atom stereocenters. The molecule has 1 aliphatic heterocycles. The predicted molar refractivity (Wildman–Crippen MR) is 169 cm³/mol. The van der Waals surface area contributed by atoms with Crippen LogP contribution in [0, 0.1) is 14.0 Å². The van der Waals surface area contributed by atoms with E-state index in [1.165, 1.54) is 16.8 Å². The second-order valence-corrected chi connectivity index (χ2v) is 13.7. The molecule has 1 aliphatic rings. The summed E-state index contributed by atoms with van der Waals surface area (Å²) in [5, 5.41) is 0. The van der Waals surface area contributed by atoms with Crippen LogP contribution in [0.15, 0.2) is 78.9 Å². The molecule has 1 heterocycles. The van der Waals surface area contributed by atoms with E-state index in [1.807, 2.05) is 42.7 Å². The van der Waals surface area contributed by atoms with E-state index in [-0.39, 0.29) is 45.6 Å². The van der Waals surface area contributed by atoms with Gasteiger partial charge in [-0.25, -0.2) is 6.54 Å². The van der Waals surface area contributed by atoms with Crippen molar-refractivity contribution in [2.75, 3.05) is 4.90 Å². The minimum Gasteiger partial charge on any atom is -0.517 e. The van der Waals surface area contributed by atoms with E-state index in [0.29, 0.717) is 0 Å². The van der Waals surface area contributed by atoms with Gasteiger partial charge in [0.1, 0.15) is 0 Å². The number of hydrogen-bond acceptors (Lipinski definition) is 2. The number of benzene rings is 3. The fraction of sp³-hybridized carbons (Fsp3) is 0.400.